The van der Waals surface area contributed by atoms with Crippen LogP contribution in [0.5, 0.6) is 0 Å². The van der Waals surface area contributed by atoms with Crippen LogP contribution >= 0.6 is 23.2 Å². The molecule has 0 aliphatic heterocycles. The second-order valence-corrected chi connectivity index (χ2v) is 6.05. The summed E-state index contributed by atoms with van der Waals surface area (Å²) in [5, 5.41) is 6.33. The molecule has 116 valence electrons. The van der Waals surface area contributed by atoms with E-state index in [1.54, 1.807) is 18.2 Å². The number of hydrogen-bond donors (Lipinski definition) is 2. The van der Waals surface area contributed by atoms with Crippen molar-refractivity contribution in [3.63, 3.8) is 0 Å². The number of anilines is 1. The summed E-state index contributed by atoms with van der Waals surface area (Å²) in [6.45, 7) is 6.05. The molecule has 5 heteroatoms. The van der Waals surface area contributed by atoms with Crippen molar-refractivity contribution in [2.24, 2.45) is 0 Å². The number of aryl methyl sites for hydroxylation is 2. The molecule has 3 nitrogen and oxygen atoms in total. The predicted octanol–water partition coefficient (Wildman–Crippen LogP) is 5.49. The number of urea groups is 1. The Morgan fingerprint density at radius 2 is 1.82 bits per heavy atom. The van der Waals surface area contributed by atoms with Crippen LogP contribution in [0, 0.1) is 13.8 Å². The van der Waals surface area contributed by atoms with Crippen LogP contribution in [0.4, 0.5) is 10.5 Å². The monoisotopic (exact) mass is 336 g/mol. The molecular weight excluding hydrogens is 319 g/mol. The number of hydrogen-bond acceptors (Lipinski definition) is 1. The molecule has 2 aromatic rings. The quantitative estimate of drug-likeness (QED) is 0.764. The summed E-state index contributed by atoms with van der Waals surface area (Å²) in [5.74, 6) is 0. The fourth-order valence-electron chi connectivity index (χ4n) is 2.07. The molecule has 2 amide bonds. The number of rotatable bonds is 3. The van der Waals surface area contributed by atoms with Crippen LogP contribution in [0.1, 0.15) is 29.7 Å². The van der Waals surface area contributed by atoms with E-state index in [-0.39, 0.29) is 12.1 Å². The first-order valence-corrected chi connectivity index (χ1v) is 7.72. The molecule has 0 saturated carbocycles. The number of halogens is 2. The molecule has 2 N–H and O–H groups in total. The third-order valence-electron chi connectivity index (χ3n) is 3.58. The molecule has 0 aliphatic carbocycles. The van der Waals surface area contributed by atoms with E-state index >= 15 is 0 Å². The Labute approximate surface area is 140 Å². The van der Waals surface area contributed by atoms with Crippen molar-refractivity contribution in [2.75, 3.05) is 5.32 Å². The van der Waals surface area contributed by atoms with E-state index in [1.165, 1.54) is 11.1 Å². The summed E-state index contributed by atoms with van der Waals surface area (Å²) in [7, 11) is 0. The zero-order chi connectivity index (χ0) is 16.3. The van der Waals surface area contributed by atoms with E-state index in [1.807, 2.05) is 13.0 Å². The van der Waals surface area contributed by atoms with Crippen molar-refractivity contribution >= 4 is 34.9 Å². The van der Waals surface area contributed by atoms with Gasteiger partial charge in [0.05, 0.1) is 21.8 Å². The van der Waals surface area contributed by atoms with E-state index in [4.69, 9.17) is 23.2 Å². The fraction of sp³-hybridized carbons (Fsp3) is 0.235. The van der Waals surface area contributed by atoms with Gasteiger partial charge < -0.3 is 10.6 Å². The SMILES string of the molecule is Cc1ccc([C@H](C)NC(=O)Nc2cccc(Cl)c2Cl)cc1C. The van der Waals surface area contributed by atoms with Gasteiger partial charge in [-0.15, -0.1) is 0 Å². The van der Waals surface area contributed by atoms with Crippen LogP contribution < -0.4 is 10.6 Å². The van der Waals surface area contributed by atoms with Gasteiger partial charge in [-0.05, 0) is 49.6 Å². The van der Waals surface area contributed by atoms with Crippen LogP contribution in [0.25, 0.3) is 0 Å². The lowest BCUT2D eigenvalue weighted by Crippen LogP contribution is -2.31. The molecule has 0 heterocycles. The maximum Gasteiger partial charge on any atom is 0.319 e. The number of carbonyl (C=O) groups excluding carboxylic acids is 1. The number of carbonyl (C=O) groups is 1. The minimum atomic E-state index is -0.324. The molecule has 0 saturated heterocycles. The van der Waals surface area contributed by atoms with E-state index in [9.17, 15) is 4.79 Å². The zero-order valence-corrected chi connectivity index (χ0v) is 14.2. The molecule has 0 bridgehead atoms. The zero-order valence-electron chi connectivity index (χ0n) is 12.7. The van der Waals surface area contributed by atoms with Gasteiger partial charge in [0.2, 0.25) is 0 Å². The normalized spacial score (nSPS) is 11.9. The molecule has 22 heavy (non-hydrogen) atoms. The molecule has 0 fully saturated rings. The summed E-state index contributed by atoms with van der Waals surface area (Å²) in [6, 6.07) is 10.8. The minimum Gasteiger partial charge on any atom is -0.331 e. The van der Waals surface area contributed by atoms with Gasteiger partial charge in [0.1, 0.15) is 0 Å². The molecule has 0 unspecified atom stereocenters. The van der Waals surface area contributed by atoms with Crippen molar-refractivity contribution in [3.8, 4) is 0 Å². The highest BCUT2D eigenvalue weighted by molar-refractivity contribution is 6.43. The summed E-state index contributed by atoms with van der Waals surface area (Å²) in [5.41, 5.74) is 3.96. The van der Waals surface area contributed by atoms with Gasteiger partial charge in [-0.1, -0.05) is 47.5 Å². The lowest BCUT2D eigenvalue weighted by Gasteiger charge is -2.17. The fourth-order valence-corrected chi connectivity index (χ4v) is 2.42. The lowest BCUT2D eigenvalue weighted by atomic mass is 10.0. The Morgan fingerprint density at radius 1 is 1.09 bits per heavy atom. The molecule has 2 aromatic carbocycles. The highest BCUT2D eigenvalue weighted by Gasteiger charge is 2.12. The molecular formula is C17H18Cl2N2O. The smallest absolute Gasteiger partial charge is 0.319 e. The summed E-state index contributed by atoms with van der Waals surface area (Å²) in [4.78, 5) is 12.1. The van der Waals surface area contributed by atoms with Crippen molar-refractivity contribution < 1.29 is 4.79 Å². The van der Waals surface area contributed by atoms with Crippen LogP contribution in [-0.2, 0) is 0 Å². The Kier molecular flexibility index (Phi) is 5.33. The average Bonchev–Trinajstić information content (AvgIpc) is 2.46. The standard InChI is InChI=1S/C17H18Cl2N2O/c1-10-7-8-13(9-11(10)2)12(3)20-17(22)21-15-6-4-5-14(18)16(15)19/h4-9,12H,1-3H3,(H2,20,21,22)/t12-/m0/s1. The van der Waals surface area contributed by atoms with Crippen molar-refractivity contribution in [2.45, 2.75) is 26.8 Å². The average molecular weight is 337 g/mol. The Balaban J connectivity index is 2.05. The molecule has 0 radical (unpaired) electrons. The second-order valence-electron chi connectivity index (χ2n) is 5.27. The number of benzene rings is 2. The van der Waals surface area contributed by atoms with Gasteiger partial charge >= 0.3 is 6.03 Å². The van der Waals surface area contributed by atoms with Gasteiger partial charge in [0, 0.05) is 0 Å². The first-order valence-electron chi connectivity index (χ1n) is 6.97. The molecule has 0 aromatic heterocycles. The van der Waals surface area contributed by atoms with Crippen LogP contribution in [-0.4, -0.2) is 6.03 Å². The Bertz CT molecular complexity index is 701. The van der Waals surface area contributed by atoms with E-state index in [2.05, 4.69) is 36.6 Å². The number of nitrogens with one attached hydrogen (secondary N) is 2. The molecule has 0 spiro atoms. The van der Waals surface area contributed by atoms with Crippen LogP contribution in [0.3, 0.4) is 0 Å². The van der Waals surface area contributed by atoms with Crippen LogP contribution in [0.2, 0.25) is 10.0 Å². The first kappa shape index (κ1) is 16.7. The largest absolute Gasteiger partial charge is 0.331 e. The van der Waals surface area contributed by atoms with Crippen molar-refractivity contribution in [3.05, 3.63) is 63.1 Å². The van der Waals surface area contributed by atoms with E-state index in [0.717, 1.165) is 5.56 Å². The van der Waals surface area contributed by atoms with Gasteiger partial charge in [-0.3, -0.25) is 0 Å². The van der Waals surface area contributed by atoms with Crippen molar-refractivity contribution in [1.82, 2.24) is 5.32 Å². The molecule has 0 aliphatic rings. The maximum absolute atomic E-state index is 12.1. The van der Waals surface area contributed by atoms with Gasteiger partial charge in [0.15, 0.2) is 0 Å². The maximum atomic E-state index is 12.1. The first-order chi connectivity index (χ1) is 10.4. The summed E-state index contributed by atoms with van der Waals surface area (Å²) in [6.07, 6.45) is 0. The highest BCUT2D eigenvalue weighted by Crippen LogP contribution is 2.29. The highest BCUT2D eigenvalue weighted by atomic mass is 35.5. The topological polar surface area (TPSA) is 41.1 Å². The van der Waals surface area contributed by atoms with Gasteiger partial charge in [-0.2, -0.15) is 0 Å². The van der Waals surface area contributed by atoms with E-state index in [0.29, 0.717) is 15.7 Å². The Hall–Kier alpha value is -1.71. The second kappa shape index (κ2) is 7.03. The lowest BCUT2D eigenvalue weighted by molar-refractivity contribution is 0.249. The van der Waals surface area contributed by atoms with Gasteiger partial charge in [-0.25, -0.2) is 4.79 Å². The van der Waals surface area contributed by atoms with Gasteiger partial charge in [0.25, 0.3) is 0 Å². The van der Waals surface area contributed by atoms with E-state index < -0.39 is 0 Å². The predicted molar refractivity (Wildman–Crippen MR) is 92.9 cm³/mol. The Morgan fingerprint density at radius 3 is 2.50 bits per heavy atom. The summed E-state index contributed by atoms with van der Waals surface area (Å²) >= 11 is 12.0. The third kappa shape index (κ3) is 3.93. The minimum absolute atomic E-state index is 0.114. The molecule has 2 rings (SSSR count). The van der Waals surface area contributed by atoms with Crippen molar-refractivity contribution in [1.29, 1.82) is 0 Å². The third-order valence-corrected chi connectivity index (χ3v) is 4.40. The molecule has 1 atom stereocenters. The summed E-state index contributed by atoms with van der Waals surface area (Å²) < 4.78 is 0. The van der Waals surface area contributed by atoms with Crippen LogP contribution in [0.15, 0.2) is 36.4 Å². The number of amides is 2.